The average molecular weight is 249 g/mol. The van der Waals surface area contributed by atoms with E-state index in [-0.39, 0.29) is 0 Å². The van der Waals surface area contributed by atoms with Crippen molar-refractivity contribution in [2.75, 3.05) is 6.61 Å². The van der Waals surface area contributed by atoms with Gasteiger partial charge in [-0.15, -0.1) is 0 Å². The van der Waals surface area contributed by atoms with Crippen LogP contribution in [0, 0.1) is 5.41 Å². The molecule has 0 radical (unpaired) electrons. The lowest BCUT2D eigenvalue weighted by Crippen LogP contribution is -2.66. The molecule has 1 N–H and O–H groups in total. The standard InChI is InChI=1S/C14H23N3O/c1-3-18-13-9-12(14(13)6-4-7-14)15-10-11-5-8-16-17(11)2/h5,8,12-13,15H,3-4,6-7,9-10H2,1-2H3. The van der Waals surface area contributed by atoms with Gasteiger partial charge < -0.3 is 10.1 Å². The van der Waals surface area contributed by atoms with E-state index < -0.39 is 0 Å². The molecular formula is C14H23N3O. The summed E-state index contributed by atoms with van der Waals surface area (Å²) in [6, 6.07) is 2.72. The average Bonchev–Trinajstić information content (AvgIpc) is 2.66. The number of ether oxygens (including phenoxy) is 1. The number of aromatic nitrogens is 2. The van der Waals surface area contributed by atoms with E-state index in [0.29, 0.717) is 17.6 Å². The van der Waals surface area contributed by atoms with Crippen LogP contribution in [0.15, 0.2) is 12.3 Å². The van der Waals surface area contributed by atoms with Crippen molar-refractivity contribution in [3.63, 3.8) is 0 Å². The topological polar surface area (TPSA) is 39.1 Å². The summed E-state index contributed by atoms with van der Waals surface area (Å²) in [5, 5.41) is 7.91. The van der Waals surface area contributed by atoms with Gasteiger partial charge in [-0.3, -0.25) is 4.68 Å². The van der Waals surface area contributed by atoms with Gasteiger partial charge in [-0.2, -0.15) is 5.10 Å². The number of hydrogen-bond donors (Lipinski definition) is 1. The molecule has 0 saturated heterocycles. The van der Waals surface area contributed by atoms with Crippen molar-refractivity contribution in [2.45, 2.75) is 51.3 Å². The van der Waals surface area contributed by atoms with Crippen molar-refractivity contribution < 1.29 is 4.74 Å². The molecule has 2 unspecified atom stereocenters. The van der Waals surface area contributed by atoms with E-state index in [1.165, 1.54) is 31.4 Å². The van der Waals surface area contributed by atoms with Crippen LogP contribution < -0.4 is 5.32 Å². The van der Waals surface area contributed by atoms with Gasteiger partial charge >= 0.3 is 0 Å². The largest absolute Gasteiger partial charge is 0.378 e. The molecule has 0 aromatic carbocycles. The predicted octanol–water partition coefficient (Wildman–Crippen LogP) is 1.86. The van der Waals surface area contributed by atoms with Crippen LogP contribution in [-0.2, 0) is 18.3 Å². The zero-order valence-corrected chi connectivity index (χ0v) is 11.4. The van der Waals surface area contributed by atoms with Gasteiger partial charge in [-0.25, -0.2) is 0 Å². The lowest BCUT2D eigenvalue weighted by atomic mass is 9.51. The maximum Gasteiger partial charge on any atom is 0.0661 e. The van der Waals surface area contributed by atoms with Crippen molar-refractivity contribution in [3.05, 3.63) is 18.0 Å². The van der Waals surface area contributed by atoms with Crippen LogP contribution in [0.25, 0.3) is 0 Å². The predicted molar refractivity (Wildman–Crippen MR) is 70.2 cm³/mol. The van der Waals surface area contributed by atoms with E-state index in [0.717, 1.165) is 13.2 Å². The second kappa shape index (κ2) is 4.67. The van der Waals surface area contributed by atoms with Gasteiger partial charge in [-0.1, -0.05) is 6.42 Å². The first-order chi connectivity index (χ1) is 8.76. The molecule has 3 rings (SSSR count). The highest BCUT2D eigenvalue weighted by molar-refractivity contribution is 5.13. The molecule has 2 atom stereocenters. The molecule has 1 aromatic heterocycles. The Labute approximate surface area is 109 Å². The van der Waals surface area contributed by atoms with Crippen LogP contribution in [0.2, 0.25) is 0 Å². The summed E-state index contributed by atoms with van der Waals surface area (Å²) < 4.78 is 7.81. The minimum Gasteiger partial charge on any atom is -0.378 e. The van der Waals surface area contributed by atoms with E-state index in [1.807, 2.05) is 17.9 Å². The molecule has 4 nitrogen and oxygen atoms in total. The number of nitrogens with zero attached hydrogens (tertiary/aromatic N) is 2. The fourth-order valence-electron chi connectivity index (χ4n) is 3.53. The Bertz CT molecular complexity index is 411. The van der Waals surface area contributed by atoms with Crippen LogP contribution in [-0.4, -0.2) is 28.5 Å². The molecule has 1 spiro atoms. The third-order valence-electron chi connectivity index (χ3n) is 4.89. The zero-order chi connectivity index (χ0) is 12.6. The SMILES string of the molecule is CCOC1CC(NCc2ccnn2C)C12CCC2. The first kappa shape index (κ1) is 12.2. The van der Waals surface area contributed by atoms with Crippen molar-refractivity contribution in [1.29, 1.82) is 0 Å². The Morgan fingerprint density at radius 2 is 2.39 bits per heavy atom. The monoisotopic (exact) mass is 249 g/mol. The maximum absolute atomic E-state index is 5.87. The Morgan fingerprint density at radius 3 is 2.94 bits per heavy atom. The van der Waals surface area contributed by atoms with E-state index in [4.69, 9.17) is 4.74 Å². The molecule has 2 fully saturated rings. The number of nitrogens with one attached hydrogen (secondary N) is 1. The van der Waals surface area contributed by atoms with E-state index in [2.05, 4.69) is 23.4 Å². The Balaban J connectivity index is 1.57. The molecule has 2 aliphatic rings. The fourth-order valence-corrected chi connectivity index (χ4v) is 3.53. The Kier molecular flexibility index (Phi) is 3.16. The lowest BCUT2D eigenvalue weighted by Gasteiger charge is -2.61. The van der Waals surface area contributed by atoms with Crippen molar-refractivity contribution in [1.82, 2.24) is 15.1 Å². The number of aryl methyl sites for hydroxylation is 1. The van der Waals surface area contributed by atoms with Crippen LogP contribution in [0.1, 0.15) is 38.3 Å². The van der Waals surface area contributed by atoms with Gasteiger partial charge in [0.1, 0.15) is 0 Å². The summed E-state index contributed by atoms with van der Waals surface area (Å²) in [5.74, 6) is 0. The van der Waals surface area contributed by atoms with Crippen LogP contribution in [0.3, 0.4) is 0 Å². The van der Waals surface area contributed by atoms with Crippen LogP contribution in [0.5, 0.6) is 0 Å². The lowest BCUT2D eigenvalue weighted by molar-refractivity contribution is -0.173. The molecule has 0 aliphatic heterocycles. The van der Waals surface area contributed by atoms with Crippen LogP contribution >= 0.6 is 0 Å². The minimum atomic E-state index is 0.453. The highest BCUT2D eigenvalue weighted by Gasteiger charge is 2.58. The summed E-state index contributed by atoms with van der Waals surface area (Å²) in [6.07, 6.45) is 7.57. The molecule has 2 saturated carbocycles. The van der Waals surface area contributed by atoms with Gasteiger partial charge in [0.15, 0.2) is 0 Å². The zero-order valence-electron chi connectivity index (χ0n) is 11.4. The molecule has 0 bridgehead atoms. The second-order valence-electron chi connectivity index (χ2n) is 5.65. The van der Waals surface area contributed by atoms with Gasteiger partial charge in [0.2, 0.25) is 0 Å². The van der Waals surface area contributed by atoms with Crippen LogP contribution in [0.4, 0.5) is 0 Å². The molecule has 18 heavy (non-hydrogen) atoms. The molecule has 2 aliphatic carbocycles. The third-order valence-corrected chi connectivity index (χ3v) is 4.89. The molecule has 0 amide bonds. The maximum atomic E-state index is 5.87. The van der Waals surface area contributed by atoms with Gasteiger partial charge in [0.25, 0.3) is 0 Å². The third kappa shape index (κ3) is 1.79. The van der Waals surface area contributed by atoms with Crippen molar-refractivity contribution >= 4 is 0 Å². The summed E-state index contributed by atoms with van der Waals surface area (Å²) in [7, 11) is 2.00. The first-order valence-corrected chi connectivity index (χ1v) is 7.08. The second-order valence-corrected chi connectivity index (χ2v) is 5.65. The number of rotatable bonds is 5. The summed E-state index contributed by atoms with van der Waals surface area (Å²) in [5.41, 5.74) is 1.71. The Hall–Kier alpha value is -0.870. The van der Waals surface area contributed by atoms with Gasteiger partial charge in [0.05, 0.1) is 11.8 Å². The molecule has 4 heteroatoms. The van der Waals surface area contributed by atoms with E-state index in [1.54, 1.807) is 0 Å². The summed E-state index contributed by atoms with van der Waals surface area (Å²) >= 11 is 0. The Morgan fingerprint density at radius 1 is 1.56 bits per heavy atom. The van der Waals surface area contributed by atoms with E-state index in [9.17, 15) is 0 Å². The van der Waals surface area contributed by atoms with Crippen molar-refractivity contribution in [2.24, 2.45) is 12.5 Å². The van der Waals surface area contributed by atoms with Crippen molar-refractivity contribution in [3.8, 4) is 0 Å². The van der Waals surface area contributed by atoms with Gasteiger partial charge in [-0.05, 0) is 32.3 Å². The quantitative estimate of drug-likeness (QED) is 0.865. The highest BCUT2D eigenvalue weighted by Crippen LogP contribution is 2.57. The molecule has 1 heterocycles. The molecule has 1 aromatic rings. The van der Waals surface area contributed by atoms with Gasteiger partial charge in [0, 0.05) is 37.9 Å². The molecular weight excluding hydrogens is 226 g/mol. The summed E-state index contributed by atoms with van der Waals surface area (Å²) in [6.45, 7) is 3.87. The van der Waals surface area contributed by atoms with E-state index >= 15 is 0 Å². The highest BCUT2D eigenvalue weighted by atomic mass is 16.5. The normalized spacial score (nSPS) is 29.0. The minimum absolute atomic E-state index is 0.453. The fraction of sp³-hybridized carbons (Fsp3) is 0.786. The number of hydrogen-bond acceptors (Lipinski definition) is 3. The molecule has 100 valence electrons. The summed E-state index contributed by atoms with van der Waals surface area (Å²) in [4.78, 5) is 0. The smallest absolute Gasteiger partial charge is 0.0661 e. The first-order valence-electron chi connectivity index (χ1n) is 7.08.